The van der Waals surface area contributed by atoms with E-state index in [-0.39, 0.29) is 11.8 Å². The summed E-state index contributed by atoms with van der Waals surface area (Å²) in [4.78, 5) is 18.3. The molecule has 0 aromatic carbocycles. The lowest BCUT2D eigenvalue weighted by atomic mass is 9.97. The van der Waals surface area contributed by atoms with Gasteiger partial charge < -0.3 is 15.5 Å². The summed E-state index contributed by atoms with van der Waals surface area (Å²) in [5.41, 5.74) is 2.14. The molecule has 2 rings (SSSR count). The quantitative estimate of drug-likeness (QED) is 0.862. The van der Waals surface area contributed by atoms with Crippen molar-refractivity contribution in [2.24, 2.45) is 5.92 Å². The van der Waals surface area contributed by atoms with E-state index >= 15 is 0 Å². The molecule has 110 valence electrons. The molecule has 1 saturated heterocycles. The molecule has 1 atom stereocenters. The van der Waals surface area contributed by atoms with E-state index in [0.29, 0.717) is 0 Å². The van der Waals surface area contributed by atoms with E-state index in [9.17, 15) is 4.79 Å². The Bertz CT molecular complexity index is 449. The molecule has 2 heterocycles. The molecule has 1 unspecified atom stereocenters. The van der Waals surface area contributed by atoms with E-state index in [0.717, 1.165) is 50.3 Å². The van der Waals surface area contributed by atoms with Crippen molar-refractivity contribution in [2.45, 2.75) is 26.2 Å². The van der Waals surface area contributed by atoms with Crippen molar-refractivity contribution >= 4 is 17.3 Å². The van der Waals surface area contributed by atoms with Gasteiger partial charge in [-0.25, -0.2) is 0 Å². The molecule has 0 saturated carbocycles. The molecule has 5 nitrogen and oxygen atoms in total. The van der Waals surface area contributed by atoms with Gasteiger partial charge in [-0.15, -0.1) is 0 Å². The zero-order valence-corrected chi connectivity index (χ0v) is 12.4. The van der Waals surface area contributed by atoms with Gasteiger partial charge in [0.05, 0.1) is 29.7 Å². The SMILES string of the molecule is CCCNc1cncc(N2CCCC(C(=O)NC)C2)c1. The van der Waals surface area contributed by atoms with Crippen LogP contribution in [0, 0.1) is 5.92 Å². The Morgan fingerprint density at radius 2 is 2.35 bits per heavy atom. The zero-order valence-electron chi connectivity index (χ0n) is 12.4. The van der Waals surface area contributed by atoms with Crippen LogP contribution in [0.15, 0.2) is 18.5 Å². The van der Waals surface area contributed by atoms with Crippen LogP contribution in [0.25, 0.3) is 0 Å². The molecular formula is C15H24N4O. The van der Waals surface area contributed by atoms with Crippen molar-refractivity contribution < 1.29 is 4.79 Å². The molecule has 5 heteroatoms. The van der Waals surface area contributed by atoms with Gasteiger partial charge in [0, 0.05) is 26.7 Å². The van der Waals surface area contributed by atoms with Crippen molar-refractivity contribution in [3.8, 4) is 0 Å². The maximum atomic E-state index is 11.8. The van der Waals surface area contributed by atoms with Gasteiger partial charge in [-0.1, -0.05) is 6.92 Å². The van der Waals surface area contributed by atoms with Crippen molar-refractivity contribution in [2.75, 3.05) is 36.9 Å². The number of pyridine rings is 1. The van der Waals surface area contributed by atoms with Crippen LogP contribution in [-0.4, -0.2) is 37.6 Å². The first-order valence-corrected chi connectivity index (χ1v) is 7.40. The number of hydrogen-bond acceptors (Lipinski definition) is 4. The van der Waals surface area contributed by atoms with Crippen molar-refractivity contribution in [1.29, 1.82) is 0 Å². The number of anilines is 2. The van der Waals surface area contributed by atoms with Crippen molar-refractivity contribution in [1.82, 2.24) is 10.3 Å². The Balaban J connectivity index is 2.04. The van der Waals surface area contributed by atoms with E-state index in [4.69, 9.17) is 0 Å². The highest BCUT2D eigenvalue weighted by atomic mass is 16.1. The standard InChI is InChI=1S/C15H24N4O/c1-3-6-18-13-8-14(10-17-9-13)19-7-4-5-12(11-19)15(20)16-2/h8-10,12,18H,3-7,11H2,1-2H3,(H,16,20). The Morgan fingerprint density at radius 3 is 3.10 bits per heavy atom. The molecule has 1 aromatic rings. The summed E-state index contributed by atoms with van der Waals surface area (Å²) in [6.45, 7) is 4.86. The largest absolute Gasteiger partial charge is 0.384 e. The fourth-order valence-electron chi connectivity index (χ4n) is 2.60. The highest BCUT2D eigenvalue weighted by molar-refractivity contribution is 5.79. The van der Waals surface area contributed by atoms with Crippen LogP contribution < -0.4 is 15.5 Å². The summed E-state index contributed by atoms with van der Waals surface area (Å²) in [6, 6.07) is 2.12. The van der Waals surface area contributed by atoms with Gasteiger partial charge in [0.1, 0.15) is 0 Å². The number of aromatic nitrogens is 1. The first kappa shape index (κ1) is 14.6. The summed E-state index contributed by atoms with van der Waals surface area (Å²) in [7, 11) is 1.71. The topological polar surface area (TPSA) is 57.3 Å². The number of carbonyl (C=O) groups excluding carboxylic acids is 1. The minimum Gasteiger partial charge on any atom is -0.384 e. The van der Waals surface area contributed by atoms with Gasteiger partial charge in [-0.05, 0) is 25.3 Å². The number of amides is 1. The van der Waals surface area contributed by atoms with E-state index in [1.807, 2.05) is 12.4 Å². The Morgan fingerprint density at radius 1 is 1.50 bits per heavy atom. The molecule has 1 aliphatic rings. The summed E-state index contributed by atoms with van der Waals surface area (Å²) in [5, 5.41) is 6.10. The fraction of sp³-hybridized carbons (Fsp3) is 0.600. The number of nitrogens with zero attached hydrogens (tertiary/aromatic N) is 2. The van der Waals surface area contributed by atoms with Gasteiger partial charge in [0.2, 0.25) is 5.91 Å². The number of carbonyl (C=O) groups is 1. The van der Waals surface area contributed by atoms with Crippen LogP contribution in [-0.2, 0) is 4.79 Å². The minimum absolute atomic E-state index is 0.0843. The second kappa shape index (κ2) is 7.12. The average molecular weight is 276 g/mol. The number of rotatable bonds is 5. The van der Waals surface area contributed by atoms with E-state index < -0.39 is 0 Å². The molecule has 0 spiro atoms. The number of piperidine rings is 1. The van der Waals surface area contributed by atoms with Crippen LogP contribution in [0.1, 0.15) is 26.2 Å². The zero-order chi connectivity index (χ0) is 14.4. The Hall–Kier alpha value is -1.78. The predicted molar refractivity (Wildman–Crippen MR) is 82.0 cm³/mol. The molecule has 0 bridgehead atoms. The molecule has 1 fully saturated rings. The Labute approximate surface area is 120 Å². The van der Waals surface area contributed by atoms with Crippen molar-refractivity contribution in [3.05, 3.63) is 18.5 Å². The predicted octanol–water partition coefficient (Wildman–Crippen LogP) is 1.87. The molecule has 2 N–H and O–H groups in total. The van der Waals surface area contributed by atoms with E-state index in [1.165, 1.54) is 0 Å². The average Bonchev–Trinajstić information content (AvgIpc) is 2.52. The summed E-state index contributed by atoms with van der Waals surface area (Å²) in [5.74, 6) is 0.226. The molecule has 1 amide bonds. The normalized spacial score (nSPS) is 18.7. The second-order valence-electron chi connectivity index (χ2n) is 5.26. The van der Waals surface area contributed by atoms with Crippen molar-refractivity contribution in [3.63, 3.8) is 0 Å². The lowest BCUT2D eigenvalue weighted by molar-refractivity contribution is -0.124. The third-order valence-electron chi connectivity index (χ3n) is 3.71. The summed E-state index contributed by atoms with van der Waals surface area (Å²) < 4.78 is 0. The lowest BCUT2D eigenvalue weighted by Crippen LogP contribution is -2.42. The highest BCUT2D eigenvalue weighted by Crippen LogP contribution is 2.24. The van der Waals surface area contributed by atoms with Gasteiger partial charge in [-0.3, -0.25) is 9.78 Å². The van der Waals surface area contributed by atoms with Crippen LogP contribution >= 0.6 is 0 Å². The lowest BCUT2D eigenvalue weighted by Gasteiger charge is -2.33. The third-order valence-corrected chi connectivity index (χ3v) is 3.71. The van der Waals surface area contributed by atoms with Gasteiger partial charge >= 0.3 is 0 Å². The molecule has 20 heavy (non-hydrogen) atoms. The highest BCUT2D eigenvalue weighted by Gasteiger charge is 2.25. The molecule has 1 aliphatic heterocycles. The molecule has 1 aromatic heterocycles. The second-order valence-corrected chi connectivity index (χ2v) is 5.26. The van der Waals surface area contributed by atoms with Gasteiger partial charge in [0.15, 0.2) is 0 Å². The monoisotopic (exact) mass is 276 g/mol. The van der Waals surface area contributed by atoms with E-state index in [2.05, 4.69) is 33.5 Å². The van der Waals surface area contributed by atoms with Crippen LogP contribution in [0.5, 0.6) is 0 Å². The van der Waals surface area contributed by atoms with Gasteiger partial charge in [-0.2, -0.15) is 0 Å². The first-order chi connectivity index (χ1) is 9.74. The molecule has 0 aliphatic carbocycles. The summed E-state index contributed by atoms with van der Waals surface area (Å²) >= 11 is 0. The smallest absolute Gasteiger partial charge is 0.224 e. The maximum Gasteiger partial charge on any atom is 0.224 e. The fourth-order valence-corrected chi connectivity index (χ4v) is 2.60. The third kappa shape index (κ3) is 3.62. The minimum atomic E-state index is 0.0843. The van der Waals surface area contributed by atoms with E-state index in [1.54, 1.807) is 7.05 Å². The molecule has 0 radical (unpaired) electrons. The van der Waals surface area contributed by atoms with Gasteiger partial charge in [0.25, 0.3) is 0 Å². The van der Waals surface area contributed by atoms with Crippen LogP contribution in [0.2, 0.25) is 0 Å². The van der Waals surface area contributed by atoms with Crippen LogP contribution in [0.3, 0.4) is 0 Å². The first-order valence-electron chi connectivity index (χ1n) is 7.40. The summed E-state index contributed by atoms with van der Waals surface area (Å²) in [6.07, 6.45) is 6.83. The Kier molecular flexibility index (Phi) is 5.21. The molecular weight excluding hydrogens is 252 g/mol. The van der Waals surface area contributed by atoms with Crippen LogP contribution in [0.4, 0.5) is 11.4 Å². The maximum absolute atomic E-state index is 11.8. The number of nitrogens with one attached hydrogen (secondary N) is 2. The number of hydrogen-bond donors (Lipinski definition) is 2.